The molecule has 1 aromatic heterocycles. The maximum Gasteiger partial charge on any atom is 0.338 e. The third kappa shape index (κ3) is 4.25. The average Bonchev–Trinajstić information content (AvgIpc) is 2.71. The number of rotatable bonds is 6. The van der Waals surface area contributed by atoms with E-state index in [1.165, 1.54) is 25.1 Å². The standard InChI is InChI=1S/C21H17F2NO4/c1-3-26-21(25)14-8-7-11-16(12-14)28-20-18(23)13(2)17(22)19(24-20)27-15-9-5-4-6-10-15/h4-12H,3H2,1-2H3. The fraction of sp³-hybridized carbons (Fsp3) is 0.143. The van der Waals surface area contributed by atoms with E-state index in [1.807, 2.05) is 0 Å². The highest BCUT2D eigenvalue weighted by molar-refractivity contribution is 5.89. The molecule has 0 atom stereocenters. The summed E-state index contributed by atoms with van der Waals surface area (Å²) in [5.74, 6) is -2.81. The van der Waals surface area contributed by atoms with Crippen LogP contribution in [0.25, 0.3) is 0 Å². The van der Waals surface area contributed by atoms with Gasteiger partial charge in [0.2, 0.25) is 0 Å². The molecular weight excluding hydrogens is 368 g/mol. The third-order valence-corrected chi connectivity index (χ3v) is 3.75. The van der Waals surface area contributed by atoms with Crippen molar-refractivity contribution in [2.45, 2.75) is 13.8 Å². The Balaban J connectivity index is 1.92. The van der Waals surface area contributed by atoms with Crippen molar-refractivity contribution in [3.05, 3.63) is 77.4 Å². The highest BCUT2D eigenvalue weighted by atomic mass is 19.1. The third-order valence-electron chi connectivity index (χ3n) is 3.75. The summed E-state index contributed by atoms with van der Waals surface area (Å²) in [5, 5.41) is 0. The molecule has 144 valence electrons. The second-order valence-electron chi connectivity index (χ2n) is 5.74. The average molecular weight is 385 g/mol. The monoisotopic (exact) mass is 385 g/mol. The first-order valence-corrected chi connectivity index (χ1v) is 8.53. The van der Waals surface area contributed by atoms with E-state index in [-0.39, 0.29) is 23.5 Å². The number of ether oxygens (including phenoxy) is 3. The van der Waals surface area contributed by atoms with Gasteiger partial charge in [-0.3, -0.25) is 0 Å². The van der Waals surface area contributed by atoms with E-state index in [0.717, 1.165) is 0 Å². The molecule has 1 heterocycles. The molecule has 0 aliphatic rings. The summed E-state index contributed by atoms with van der Waals surface area (Å²) in [6.07, 6.45) is 0. The summed E-state index contributed by atoms with van der Waals surface area (Å²) in [6.45, 7) is 3.16. The first-order chi connectivity index (χ1) is 13.5. The Morgan fingerprint density at radius 2 is 1.54 bits per heavy atom. The van der Waals surface area contributed by atoms with Crippen LogP contribution in [0, 0.1) is 18.6 Å². The SMILES string of the molecule is CCOC(=O)c1cccc(Oc2nc(Oc3ccccc3)c(F)c(C)c2F)c1. The van der Waals surface area contributed by atoms with Crippen LogP contribution in [0.5, 0.6) is 23.3 Å². The minimum atomic E-state index is -0.959. The van der Waals surface area contributed by atoms with Crippen LogP contribution in [-0.4, -0.2) is 17.6 Å². The molecule has 28 heavy (non-hydrogen) atoms. The lowest BCUT2D eigenvalue weighted by Gasteiger charge is -2.12. The van der Waals surface area contributed by atoms with Gasteiger partial charge in [0.05, 0.1) is 12.2 Å². The van der Waals surface area contributed by atoms with Gasteiger partial charge in [0.1, 0.15) is 11.5 Å². The molecule has 0 spiro atoms. The molecule has 0 unspecified atom stereocenters. The smallest absolute Gasteiger partial charge is 0.338 e. The van der Waals surface area contributed by atoms with E-state index in [0.29, 0.717) is 5.75 Å². The number of esters is 1. The molecule has 0 bridgehead atoms. The second kappa shape index (κ2) is 8.47. The number of para-hydroxylation sites is 1. The molecule has 0 saturated carbocycles. The van der Waals surface area contributed by atoms with Gasteiger partial charge in [-0.2, -0.15) is 4.98 Å². The van der Waals surface area contributed by atoms with Gasteiger partial charge >= 0.3 is 5.97 Å². The molecule has 5 nitrogen and oxygen atoms in total. The number of pyridine rings is 1. The van der Waals surface area contributed by atoms with E-state index < -0.39 is 29.4 Å². The zero-order valence-electron chi connectivity index (χ0n) is 15.2. The highest BCUT2D eigenvalue weighted by Gasteiger charge is 2.21. The van der Waals surface area contributed by atoms with Gasteiger partial charge in [0, 0.05) is 5.56 Å². The van der Waals surface area contributed by atoms with Crippen molar-refractivity contribution in [1.82, 2.24) is 4.98 Å². The van der Waals surface area contributed by atoms with Gasteiger partial charge < -0.3 is 14.2 Å². The minimum Gasteiger partial charge on any atom is -0.462 e. The number of carbonyl (C=O) groups is 1. The zero-order valence-corrected chi connectivity index (χ0v) is 15.2. The van der Waals surface area contributed by atoms with E-state index >= 15 is 0 Å². The molecule has 0 N–H and O–H groups in total. The topological polar surface area (TPSA) is 57.7 Å². The number of carbonyl (C=O) groups excluding carboxylic acids is 1. The number of hydrogen-bond donors (Lipinski definition) is 0. The number of aromatic nitrogens is 1. The summed E-state index contributed by atoms with van der Waals surface area (Å²) in [4.78, 5) is 15.7. The first kappa shape index (κ1) is 19.3. The van der Waals surface area contributed by atoms with Crippen LogP contribution in [0.2, 0.25) is 0 Å². The molecule has 7 heteroatoms. The van der Waals surface area contributed by atoms with Crippen LogP contribution in [0.1, 0.15) is 22.8 Å². The normalized spacial score (nSPS) is 10.4. The second-order valence-corrected chi connectivity index (χ2v) is 5.74. The van der Waals surface area contributed by atoms with Crippen LogP contribution in [-0.2, 0) is 4.74 Å². The maximum absolute atomic E-state index is 14.5. The summed E-state index contributed by atoms with van der Waals surface area (Å²) in [7, 11) is 0. The Bertz CT molecular complexity index is 993. The van der Waals surface area contributed by atoms with Gasteiger partial charge in [-0.05, 0) is 44.2 Å². The minimum absolute atomic E-state index is 0.147. The van der Waals surface area contributed by atoms with Crippen molar-refractivity contribution >= 4 is 5.97 Å². The Hall–Kier alpha value is -3.48. The van der Waals surface area contributed by atoms with E-state index in [1.54, 1.807) is 43.3 Å². The molecule has 2 aromatic carbocycles. The Morgan fingerprint density at radius 3 is 2.18 bits per heavy atom. The van der Waals surface area contributed by atoms with Crippen molar-refractivity contribution < 1.29 is 27.8 Å². The molecule has 3 aromatic rings. The fourth-order valence-electron chi connectivity index (χ4n) is 2.36. The quantitative estimate of drug-likeness (QED) is 0.530. The maximum atomic E-state index is 14.5. The van der Waals surface area contributed by atoms with Crippen molar-refractivity contribution in [2.24, 2.45) is 0 Å². The summed E-state index contributed by atoms with van der Waals surface area (Å²) in [6, 6.07) is 14.4. The van der Waals surface area contributed by atoms with Crippen LogP contribution in [0.15, 0.2) is 54.6 Å². The molecule has 0 aliphatic heterocycles. The van der Waals surface area contributed by atoms with Crippen LogP contribution >= 0.6 is 0 Å². The van der Waals surface area contributed by atoms with Gasteiger partial charge in [-0.1, -0.05) is 24.3 Å². The zero-order chi connectivity index (χ0) is 20.1. The van der Waals surface area contributed by atoms with Crippen LogP contribution in [0.3, 0.4) is 0 Å². The van der Waals surface area contributed by atoms with Crippen molar-refractivity contribution in [3.63, 3.8) is 0 Å². The van der Waals surface area contributed by atoms with E-state index in [4.69, 9.17) is 14.2 Å². The number of halogens is 2. The van der Waals surface area contributed by atoms with Gasteiger partial charge in [0.25, 0.3) is 11.8 Å². The Morgan fingerprint density at radius 1 is 0.929 bits per heavy atom. The number of benzene rings is 2. The van der Waals surface area contributed by atoms with Gasteiger partial charge in [-0.15, -0.1) is 0 Å². The highest BCUT2D eigenvalue weighted by Crippen LogP contribution is 2.32. The first-order valence-electron chi connectivity index (χ1n) is 8.53. The molecule has 0 saturated heterocycles. The molecular formula is C21H17F2NO4. The fourth-order valence-corrected chi connectivity index (χ4v) is 2.36. The number of nitrogens with zero attached hydrogens (tertiary/aromatic N) is 1. The van der Waals surface area contributed by atoms with Crippen LogP contribution in [0.4, 0.5) is 8.78 Å². The Kier molecular flexibility index (Phi) is 5.84. The summed E-state index contributed by atoms with van der Waals surface area (Å²) in [5.41, 5.74) is -0.0585. The summed E-state index contributed by atoms with van der Waals surface area (Å²) >= 11 is 0. The van der Waals surface area contributed by atoms with Crippen molar-refractivity contribution in [3.8, 4) is 23.3 Å². The lowest BCUT2D eigenvalue weighted by molar-refractivity contribution is 0.0526. The number of hydrogen-bond acceptors (Lipinski definition) is 5. The Labute approximate surface area is 160 Å². The van der Waals surface area contributed by atoms with Gasteiger partial charge in [0.15, 0.2) is 11.6 Å². The molecule has 0 radical (unpaired) electrons. The van der Waals surface area contributed by atoms with Gasteiger partial charge in [-0.25, -0.2) is 13.6 Å². The van der Waals surface area contributed by atoms with E-state index in [9.17, 15) is 13.6 Å². The molecule has 0 amide bonds. The largest absolute Gasteiger partial charge is 0.462 e. The van der Waals surface area contributed by atoms with Crippen molar-refractivity contribution in [2.75, 3.05) is 6.61 Å². The van der Waals surface area contributed by atoms with Crippen molar-refractivity contribution in [1.29, 1.82) is 0 Å². The lowest BCUT2D eigenvalue weighted by atomic mass is 10.2. The van der Waals surface area contributed by atoms with E-state index in [2.05, 4.69) is 4.98 Å². The predicted molar refractivity (Wildman–Crippen MR) is 97.9 cm³/mol. The predicted octanol–water partition coefficient (Wildman–Crippen LogP) is 5.43. The molecule has 0 fully saturated rings. The summed E-state index contributed by atoms with van der Waals surface area (Å²) < 4.78 is 44.6. The molecule has 0 aliphatic carbocycles. The molecule has 3 rings (SSSR count). The lowest BCUT2D eigenvalue weighted by Crippen LogP contribution is -2.05. The van der Waals surface area contributed by atoms with Crippen LogP contribution < -0.4 is 9.47 Å².